The van der Waals surface area contributed by atoms with Gasteiger partial charge in [-0.25, -0.2) is 9.97 Å². The van der Waals surface area contributed by atoms with E-state index in [0.717, 1.165) is 5.56 Å². The molecule has 2 aromatic rings. The van der Waals surface area contributed by atoms with Crippen molar-refractivity contribution >= 4 is 29.5 Å². The Bertz CT molecular complexity index is 541. The quantitative estimate of drug-likeness (QED) is 0.802. The van der Waals surface area contributed by atoms with Crippen LogP contribution in [0.25, 0.3) is 0 Å². The molecule has 86 valence electrons. The molecule has 0 radical (unpaired) electrons. The zero-order valence-electron chi connectivity index (χ0n) is 8.73. The third kappa shape index (κ3) is 3.02. The normalized spacial score (nSPS) is 10.2. The van der Waals surface area contributed by atoms with Crippen molar-refractivity contribution in [3.05, 3.63) is 57.6 Å². The zero-order chi connectivity index (χ0) is 12.3. The fourth-order valence-electron chi connectivity index (χ4n) is 1.35. The molecule has 2 rings (SSSR count). The third-order valence-corrected chi connectivity index (χ3v) is 2.95. The van der Waals surface area contributed by atoms with Crippen LogP contribution in [0.4, 0.5) is 0 Å². The summed E-state index contributed by atoms with van der Waals surface area (Å²) in [5.41, 5.74) is 1.43. The van der Waals surface area contributed by atoms with Crippen LogP contribution in [0.5, 0.6) is 0 Å². The SMILES string of the molecule is O=Cc1cnc(Cc2ccc(Cl)c(Cl)c2)nc1. The van der Waals surface area contributed by atoms with Crippen molar-refractivity contribution in [2.45, 2.75) is 6.42 Å². The van der Waals surface area contributed by atoms with Gasteiger partial charge in [0, 0.05) is 18.8 Å². The van der Waals surface area contributed by atoms with Crippen LogP contribution >= 0.6 is 23.2 Å². The summed E-state index contributed by atoms with van der Waals surface area (Å²) in [6.45, 7) is 0. The lowest BCUT2D eigenvalue weighted by molar-refractivity contribution is 0.112. The van der Waals surface area contributed by atoms with Gasteiger partial charge in [-0.1, -0.05) is 29.3 Å². The number of carbonyl (C=O) groups is 1. The number of aldehydes is 1. The molecule has 0 saturated heterocycles. The number of benzene rings is 1. The number of nitrogens with zero attached hydrogens (tertiary/aromatic N) is 2. The van der Waals surface area contributed by atoms with Crippen LogP contribution in [-0.4, -0.2) is 16.3 Å². The van der Waals surface area contributed by atoms with E-state index in [9.17, 15) is 4.79 Å². The summed E-state index contributed by atoms with van der Waals surface area (Å²) in [7, 11) is 0. The lowest BCUT2D eigenvalue weighted by Crippen LogP contribution is -1.97. The van der Waals surface area contributed by atoms with E-state index in [4.69, 9.17) is 23.2 Å². The van der Waals surface area contributed by atoms with E-state index < -0.39 is 0 Å². The molecule has 1 aromatic carbocycles. The van der Waals surface area contributed by atoms with Crippen molar-refractivity contribution in [1.82, 2.24) is 9.97 Å². The zero-order valence-corrected chi connectivity index (χ0v) is 10.2. The first-order valence-corrected chi connectivity index (χ1v) is 5.64. The van der Waals surface area contributed by atoms with E-state index in [0.29, 0.717) is 34.1 Å². The van der Waals surface area contributed by atoms with Gasteiger partial charge in [-0.2, -0.15) is 0 Å². The highest BCUT2D eigenvalue weighted by molar-refractivity contribution is 6.42. The molecule has 0 aliphatic carbocycles. The number of halogens is 2. The van der Waals surface area contributed by atoms with Gasteiger partial charge in [0.25, 0.3) is 0 Å². The van der Waals surface area contributed by atoms with Crippen LogP contribution in [0.1, 0.15) is 21.7 Å². The maximum Gasteiger partial charge on any atom is 0.153 e. The summed E-state index contributed by atoms with van der Waals surface area (Å²) in [5, 5.41) is 1.03. The monoisotopic (exact) mass is 266 g/mol. The van der Waals surface area contributed by atoms with E-state index in [1.165, 1.54) is 12.4 Å². The maximum atomic E-state index is 10.4. The Balaban J connectivity index is 2.19. The number of carbonyl (C=O) groups excluding carboxylic acids is 1. The molecular formula is C12H8Cl2N2O. The Morgan fingerprint density at radius 2 is 1.82 bits per heavy atom. The predicted octanol–water partition coefficient (Wildman–Crippen LogP) is 3.19. The summed E-state index contributed by atoms with van der Waals surface area (Å²) in [6, 6.07) is 5.38. The summed E-state index contributed by atoms with van der Waals surface area (Å²) in [5.74, 6) is 0.633. The standard InChI is InChI=1S/C12H8Cl2N2O/c13-10-2-1-8(3-11(10)14)4-12-15-5-9(7-17)6-16-12/h1-3,5-7H,4H2. The third-order valence-electron chi connectivity index (χ3n) is 2.21. The van der Waals surface area contributed by atoms with Crippen LogP contribution in [0.2, 0.25) is 10.0 Å². The molecule has 0 fully saturated rings. The van der Waals surface area contributed by atoms with Crippen LogP contribution in [0.15, 0.2) is 30.6 Å². The van der Waals surface area contributed by atoms with Crippen molar-refractivity contribution in [3.8, 4) is 0 Å². The highest BCUT2D eigenvalue weighted by Crippen LogP contribution is 2.23. The fourth-order valence-corrected chi connectivity index (χ4v) is 1.67. The van der Waals surface area contributed by atoms with Gasteiger partial charge >= 0.3 is 0 Å². The van der Waals surface area contributed by atoms with Crippen molar-refractivity contribution in [2.24, 2.45) is 0 Å². The lowest BCUT2D eigenvalue weighted by Gasteiger charge is -2.02. The number of hydrogen-bond donors (Lipinski definition) is 0. The first kappa shape index (κ1) is 12.0. The van der Waals surface area contributed by atoms with Gasteiger partial charge < -0.3 is 0 Å². The molecule has 17 heavy (non-hydrogen) atoms. The summed E-state index contributed by atoms with van der Waals surface area (Å²) in [4.78, 5) is 18.6. The molecule has 0 saturated carbocycles. The molecule has 0 amide bonds. The van der Waals surface area contributed by atoms with Crippen LogP contribution in [0, 0.1) is 0 Å². The van der Waals surface area contributed by atoms with E-state index in [1.807, 2.05) is 6.07 Å². The van der Waals surface area contributed by atoms with Gasteiger partial charge in [-0.05, 0) is 17.7 Å². The van der Waals surface area contributed by atoms with Gasteiger partial charge in [-0.3, -0.25) is 4.79 Å². The van der Waals surface area contributed by atoms with Gasteiger partial charge in [0.1, 0.15) is 5.82 Å². The fraction of sp³-hybridized carbons (Fsp3) is 0.0833. The molecule has 0 unspecified atom stereocenters. The van der Waals surface area contributed by atoms with Crippen molar-refractivity contribution < 1.29 is 4.79 Å². The molecule has 0 N–H and O–H groups in total. The summed E-state index contributed by atoms with van der Waals surface area (Å²) in [6.07, 6.45) is 4.25. The topological polar surface area (TPSA) is 42.9 Å². The Hall–Kier alpha value is -1.45. The van der Waals surface area contributed by atoms with Gasteiger partial charge in [0.2, 0.25) is 0 Å². The van der Waals surface area contributed by atoms with E-state index in [-0.39, 0.29) is 0 Å². The Morgan fingerprint density at radius 1 is 1.12 bits per heavy atom. The molecule has 0 aliphatic rings. The van der Waals surface area contributed by atoms with E-state index in [1.54, 1.807) is 12.1 Å². The van der Waals surface area contributed by atoms with Crippen LogP contribution in [-0.2, 0) is 6.42 Å². The highest BCUT2D eigenvalue weighted by atomic mass is 35.5. The number of rotatable bonds is 3. The molecule has 1 heterocycles. The van der Waals surface area contributed by atoms with Crippen LogP contribution in [0.3, 0.4) is 0 Å². The summed E-state index contributed by atoms with van der Waals surface area (Å²) >= 11 is 11.7. The average Bonchev–Trinajstić information content (AvgIpc) is 2.35. The molecule has 3 nitrogen and oxygen atoms in total. The Kier molecular flexibility index (Phi) is 3.71. The molecule has 0 spiro atoms. The molecule has 5 heteroatoms. The Morgan fingerprint density at radius 3 is 2.41 bits per heavy atom. The maximum absolute atomic E-state index is 10.4. The van der Waals surface area contributed by atoms with Gasteiger partial charge in [-0.15, -0.1) is 0 Å². The first-order chi connectivity index (χ1) is 8.19. The number of aromatic nitrogens is 2. The van der Waals surface area contributed by atoms with Crippen molar-refractivity contribution in [1.29, 1.82) is 0 Å². The summed E-state index contributed by atoms with van der Waals surface area (Å²) < 4.78 is 0. The molecule has 0 bridgehead atoms. The molecule has 0 aliphatic heterocycles. The second kappa shape index (κ2) is 5.25. The smallest absolute Gasteiger partial charge is 0.153 e. The van der Waals surface area contributed by atoms with Crippen molar-refractivity contribution in [3.63, 3.8) is 0 Å². The average molecular weight is 267 g/mol. The highest BCUT2D eigenvalue weighted by Gasteiger charge is 2.03. The minimum Gasteiger partial charge on any atom is -0.298 e. The second-order valence-corrected chi connectivity index (χ2v) is 4.29. The molecular weight excluding hydrogens is 259 g/mol. The predicted molar refractivity (Wildman–Crippen MR) is 66.7 cm³/mol. The molecule has 0 atom stereocenters. The van der Waals surface area contributed by atoms with Gasteiger partial charge in [0.15, 0.2) is 6.29 Å². The van der Waals surface area contributed by atoms with Gasteiger partial charge in [0.05, 0.1) is 15.6 Å². The molecule has 1 aromatic heterocycles. The Labute approximate surface area is 108 Å². The van der Waals surface area contributed by atoms with Crippen molar-refractivity contribution in [2.75, 3.05) is 0 Å². The first-order valence-electron chi connectivity index (χ1n) is 4.89. The van der Waals surface area contributed by atoms with E-state index >= 15 is 0 Å². The minimum absolute atomic E-state index is 0.461. The lowest BCUT2D eigenvalue weighted by atomic mass is 10.1. The minimum atomic E-state index is 0.461. The van der Waals surface area contributed by atoms with E-state index in [2.05, 4.69) is 9.97 Å². The largest absolute Gasteiger partial charge is 0.298 e. The number of hydrogen-bond acceptors (Lipinski definition) is 3. The second-order valence-electron chi connectivity index (χ2n) is 3.48. The van der Waals surface area contributed by atoms with Crippen LogP contribution < -0.4 is 0 Å².